The third-order valence-corrected chi connectivity index (χ3v) is 7.02. The largest absolute Gasteiger partial charge is 0.494 e. The SMILES string of the molecule is CCOc1cc(C)c(S(=O)(=O)N2CCNC(=O)C2c2ccccc2C)cc1C. The number of hydrogen-bond donors (Lipinski definition) is 1. The van der Waals surface area contributed by atoms with E-state index in [1.165, 1.54) is 4.31 Å². The molecule has 0 radical (unpaired) electrons. The van der Waals surface area contributed by atoms with E-state index in [4.69, 9.17) is 4.74 Å². The number of rotatable bonds is 5. The van der Waals surface area contributed by atoms with Gasteiger partial charge in [0, 0.05) is 13.1 Å². The normalized spacial score (nSPS) is 18.0. The molecule has 1 saturated heterocycles. The molecule has 28 heavy (non-hydrogen) atoms. The quantitative estimate of drug-likeness (QED) is 0.834. The monoisotopic (exact) mass is 402 g/mol. The molecule has 1 aliphatic heterocycles. The van der Waals surface area contributed by atoms with Crippen molar-refractivity contribution >= 4 is 15.9 Å². The van der Waals surface area contributed by atoms with Crippen LogP contribution < -0.4 is 10.1 Å². The van der Waals surface area contributed by atoms with Crippen LogP contribution in [0.25, 0.3) is 0 Å². The fourth-order valence-electron chi connectivity index (χ4n) is 3.57. The minimum absolute atomic E-state index is 0.210. The standard InChI is InChI=1S/C21H26N2O4S/c1-5-27-18-12-16(4)19(13-15(18)3)28(25,26)23-11-10-22-21(24)20(23)17-9-7-6-8-14(17)2/h6-9,12-13,20H,5,10-11H2,1-4H3,(H,22,24). The van der Waals surface area contributed by atoms with Crippen molar-refractivity contribution in [1.29, 1.82) is 0 Å². The summed E-state index contributed by atoms with van der Waals surface area (Å²) in [4.78, 5) is 12.9. The Hall–Kier alpha value is -2.38. The van der Waals surface area contributed by atoms with Gasteiger partial charge in [-0.3, -0.25) is 4.79 Å². The van der Waals surface area contributed by atoms with Crippen molar-refractivity contribution in [3.05, 3.63) is 58.7 Å². The minimum Gasteiger partial charge on any atom is -0.494 e. The highest BCUT2D eigenvalue weighted by Crippen LogP contribution is 2.34. The zero-order valence-electron chi connectivity index (χ0n) is 16.7. The molecule has 3 rings (SSSR count). The predicted molar refractivity (Wildman–Crippen MR) is 108 cm³/mol. The second kappa shape index (κ2) is 7.93. The summed E-state index contributed by atoms with van der Waals surface area (Å²) in [6.07, 6.45) is 0. The topological polar surface area (TPSA) is 75.7 Å². The maximum absolute atomic E-state index is 13.6. The lowest BCUT2D eigenvalue weighted by Crippen LogP contribution is -2.52. The molecule has 0 saturated carbocycles. The maximum atomic E-state index is 13.6. The first kappa shape index (κ1) is 20.4. The second-order valence-corrected chi connectivity index (χ2v) is 8.84. The Morgan fingerprint density at radius 1 is 1.11 bits per heavy atom. The molecule has 0 aromatic heterocycles. The van der Waals surface area contributed by atoms with Gasteiger partial charge in [-0.25, -0.2) is 8.42 Å². The Morgan fingerprint density at radius 3 is 2.50 bits per heavy atom. The number of carbonyl (C=O) groups is 1. The summed E-state index contributed by atoms with van der Waals surface area (Å²) in [5.41, 5.74) is 2.93. The van der Waals surface area contributed by atoms with Crippen molar-refractivity contribution in [3.63, 3.8) is 0 Å². The third kappa shape index (κ3) is 3.64. The van der Waals surface area contributed by atoms with Crippen LogP contribution >= 0.6 is 0 Å². The number of hydrogen-bond acceptors (Lipinski definition) is 4. The van der Waals surface area contributed by atoms with Gasteiger partial charge in [-0.2, -0.15) is 4.31 Å². The van der Waals surface area contributed by atoms with E-state index in [1.807, 2.05) is 45.0 Å². The molecule has 2 aromatic carbocycles. The summed E-state index contributed by atoms with van der Waals surface area (Å²) in [6, 6.07) is 9.89. The molecule has 150 valence electrons. The van der Waals surface area contributed by atoms with Crippen LogP contribution in [0, 0.1) is 20.8 Å². The highest BCUT2D eigenvalue weighted by atomic mass is 32.2. The zero-order valence-corrected chi connectivity index (χ0v) is 17.5. The Morgan fingerprint density at radius 2 is 1.82 bits per heavy atom. The number of nitrogens with zero attached hydrogens (tertiary/aromatic N) is 1. The van der Waals surface area contributed by atoms with E-state index in [-0.39, 0.29) is 23.9 Å². The summed E-state index contributed by atoms with van der Waals surface area (Å²) in [5.74, 6) is 0.371. The van der Waals surface area contributed by atoms with E-state index in [0.717, 1.165) is 11.1 Å². The Labute approximate surface area is 166 Å². The van der Waals surface area contributed by atoms with E-state index in [9.17, 15) is 13.2 Å². The van der Waals surface area contributed by atoms with Gasteiger partial charge in [0.25, 0.3) is 0 Å². The number of aryl methyl sites for hydroxylation is 3. The molecule has 1 heterocycles. The molecule has 0 bridgehead atoms. The lowest BCUT2D eigenvalue weighted by atomic mass is 9.99. The summed E-state index contributed by atoms with van der Waals surface area (Å²) >= 11 is 0. The second-order valence-electron chi connectivity index (χ2n) is 6.98. The molecule has 1 N–H and O–H groups in total. The first-order valence-corrected chi connectivity index (χ1v) is 10.8. The van der Waals surface area contributed by atoms with Gasteiger partial charge in [-0.15, -0.1) is 0 Å². The smallest absolute Gasteiger partial charge is 0.244 e. The van der Waals surface area contributed by atoms with Gasteiger partial charge in [0.1, 0.15) is 11.8 Å². The maximum Gasteiger partial charge on any atom is 0.244 e. The Balaban J connectivity index is 2.10. The first-order valence-electron chi connectivity index (χ1n) is 9.36. The number of nitrogens with one attached hydrogen (secondary N) is 1. The van der Waals surface area contributed by atoms with Gasteiger partial charge in [0.05, 0.1) is 11.5 Å². The van der Waals surface area contributed by atoms with Gasteiger partial charge in [-0.1, -0.05) is 24.3 Å². The van der Waals surface area contributed by atoms with Gasteiger partial charge in [-0.05, 0) is 62.1 Å². The average Bonchev–Trinajstić information content (AvgIpc) is 2.65. The van der Waals surface area contributed by atoms with E-state index < -0.39 is 16.1 Å². The van der Waals surface area contributed by atoms with Crippen LogP contribution in [0.2, 0.25) is 0 Å². The Kier molecular flexibility index (Phi) is 5.76. The summed E-state index contributed by atoms with van der Waals surface area (Å²) in [5, 5.41) is 2.80. The van der Waals surface area contributed by atoms with Crippen LogP contribution in [0.4, 0.5) is 0 Å². The van der Waals surface area contributed by atoms with Crippen molar-refractivity contribution in [2.75, 3.05) is 19.7 Å². The number of benzene rings is 2. The minimum atomic E-state index is -3.88. The number of sulfonamides is 1. The van der Waals surface area contributed by atoms with E-state index in [1.54, 1.807) is 19.1 Å². The van der Waals surface area contributed by atoms with Crippen LogP contribution in [-0.4, -0.2) is 38.3 Å². The fourth-order valence-corrected chi connectivity index (χ4v) is 5.44. The lowest BCUT2D eigenvalue weighted by molar-refractivity contribution is -0.126. The van der Waals surface area contributed by atoms with Gasteiger partial charge in [0.2, 0.25) is 15.9 Å². The van der Waals surface area contributed by atoms with E-state index in [0.29, 0.717) is 23.5 Å². The summed E-state index contributed by atoms with van der Waals surface area (Å²) in [7, 11) is -3.88. The highest BCUT2D eigenvalue weighted by molar-refractivity contribution is 7.89. The van der Waals surface area contributed by atoms with Crippen LogP contribution in [0.1, 0.15) is 35.2 Å². The van der Waals surface area contributed by atoms with Crippen molar-refractivity contribution in [1.82, 2.24) is 9.62 Å². The van der Waals surface area contributed by atoms with Gasteiger partial charge >= 0.3 is 0 Å². The summed E-state index contributed by atoms with van der Waals surface area (Å²) in [6.45, 7) is 8.36. The van der Waals surface area contributed by atoms with Crippen molar-refractivity contribution < 1.29 is 17.9 Å². The molecule has 0 aliphatic carbocycles. The molecular weight excluding hydrogens is 376 g/mol. The molecule has 1 aliphatic rings. The molecule has 6 nitrogen and oxygen atoms in total. The van der Waals surface area contributed by atoms with Gasteiger partial charge in [0.15, 0.2) is 0 Å². The zero-order chi connectivity index (χ0) is 20.5. The van der Waals surface area contributed by atoms with Crippen LogP contribution in [0.15, 0.2) is 41.3 Å². The number of carbonyl (C=O) groups excluding carboxylic acids is 1. The average molecular weight is 403 g/mol. The van der Waals surface area contributed by atoms with Gasteiger partial charge < -0.3 is 10.1 Å². The van der Waals surface area contributed by atoms with Crippen LogP contribution in [0.5, 0.6) is 5.75 Å². The molecule has 0 spiro atoms. The molecule has 1 amide bonds. The first-order chi connectivity index (χ1) is 13.3. The lowest BCUT2D eigenvalue weighted by Gasteiger charge is -2.35. The number of ether oxygens (including phenoxy) is 1. The van der Waals surface area contributed by atoms with Crippen molar-refractivity contribution in [2.45, 2.75) is 38.6 Å². The summed E-state index contributed by atoms with van der Waals surface area (Å²) < 4.78 is 34.0. The molecule has 1 fully saturated rings. The van der Waals surface area contributed by atoms with Crippen LogP contribution in [-0.2, 0) is 14.8 Å². The Bertz CT molecular complexity index is 1000. The predicted octanol–water partition coefficient (Wildman–Crippen LogP) is 2.87. The molecular formula is C21H26N2O4S. The highest BCUT2D eigenvalue weighted by Gasteiger charge is 2.40. The number of piperazine rings is 1. The fraction of sp³-hybridized carbons (Fsp3) is 0.381. The molecule has 1 atom stereocenters. The number of amides is 1. The third-order valence-electron chi connectivity index (χ3n) is 5.01. The van der Waals surface area contributed by atoms with Crippen molar-refractivity contribution in [3.8, 4) is 5.75 Å². The van der Waals surface area contributed by atoms with Crippen molar-refractivity contribution in [2.24, 2.45) is 0 Å². The molecule has 2 aromatic rings. The molecule has 1 unspecified atom stereocenters. The van der Waals surface area contributed by atoms with E-state index in [2.05, 4.69) is 5.32 Å². The van der Waals surface area contributed by atoms with Crippen LogP contribution in [0.3, 0.4) is 0 Å². The molecule has 7 heteroatoms. The van der Waals surface area contributed by atoms with E-state index >= 15 is 0 Å².